The second-order valence-corrected chi connectivity index (χ2v) is 5.36. The van der Waals surface area contributed by atoms with Crippen molar-refractivity contribution >= 4 is 0 Å². The van der Waals surface area contributed by atoms with E-state index in [1.807, 2.05) is 33.8 Å². The molecule has 0 heterocycles. The Morgan fingerprint density at radius 1 is 0.708 bits per heavy atom. The molecule has 0 amide bonds. The van der Waals surface area contributed by atoms with Crippen LogP contribution in [0.4, 0.5) is 0 Å². The van der Waals surface area contributed by atoms with Crippen molar-refractivity contribution in [1.29, 1.82) is 0 Å². The first-order chi connectivity index (χ1) is 11.7. The lowest BCUT2D eigenvalue weighted by molar-refractivity contribution is -0.173. The molecule has 0 spiro atoms. The van der Waals surface area contributed by atoms with Gasteiger partial charge < -0.3 is 18.9 Å². The Hall–Kier alpha value is -0.980. The highest BCUT2D eigenvalue weighted by Crippen LogP contribution is 2.10. The maximum absolute atomic E-state index is 5.71. The van der Waals surface area contributed by atoms with Crippen LogP contribution in [-0.4, -0.2) is 57.0 Å². The fourth-order valence-electron chi connectivity index (χ4n) is 2.52. The first-order valence-electron chi connectivity index (χ1n) is 8.96. The van der Waals surface area contributed by atoms with E-state index in [9.17, 15) is 0 Å². The summed E-state index contributed by atoms with van der Waals surface area (Å²) in [5, 5.41) is 0. The predicted molar refractivity (Wildman–Crippen MR) is 95.8 cm³/mol. The van der Waals surface area contributed by atoms with Crippen molar-refractivity contribution < 1.29 is 18.9 Å². The zero-order chi connectivity index (χ0) is 17.6. The van der Waals surface area contributed by atoms with E-state index < -0.39 is 0 Å². The maximum atomic E-state index is 5.71. The lowest BCUT2D eigenvalue weighted by Crippen LogP contribution is -2.41. The average Bonchev–Trinajstić information content (AvgIpc) is 2.56. The Bertz CT molecular complexity index is 372. The van der Waals surface area contributed by atoms with Crippen molar-refractivity contribution in [1.82, 2.24) is 4.90 Å². The Labute approximate surface area is 146 Å². The summed E-state index contributed by atoms with van der Waals surface area (Å²) in [6.45, 7) is 12.6. The minimum Gasteiger partial charge on any atom is -0.352 e. The normalized spacial score (nSPS) is 11.8. The first kappa shape index (κ1) is 21.1. The third kappa shape index (κ3) is 8.76. The molecule has 0 aliphatic rings. The zero-order valence-corrected chi connectivity index (χ0v) is 15.6. The predicted octanol–water partition coefficient (Wildman–Crippen LogP) is 3.29. The maximum Gasteiger partial charge on any atom is 0.170 e. The molecule has 138 valence electrons. The third-order valence-corrected chi connectivity index (χ3v) is 3.47. The number of hydrogen-bond acceptors (Lipinski definition) is 5. The lowest BCUT2D eigenvalue weighted by Gasteiger charge is -2.30. The number of benzene rings is 1. The van der Waals surface area contributed by atoms with Crippen molar-refractivity contribution in [2.24, 2.45) is 0 Å². The van der Waals surface area contributed by atoms with Crippen LogP contribution in [0.2, 0.25) is 0 Å². The van der Waals surface area contributed by atoms with Gasteiger partial charge >= 0.3 is 0 Å². The van der Waals surface area contributed by atoms with Gasteiger partial charge in [0.2, 0.25) is 0 Å². The molecule has 5 heteroatoms. The van der Waals surface area contributed by atoms with Gasteiger partial charge in [0.15, 0.2) is 12.6 Å². The standard InChI is InChI=1S/C19H33NO4/c1-5-21-18(22-6-2)15-20(14-17-12-10-9-11-13-17)16-19(23-7-3)24-8-4/h9-13,18-19H,5-8,14-16H2,1-4H3. The first-order valence-corrected chi connectivity index (χ1v) is 8.96. The molecule has 0 radical (unpaired) electrons. The summed E-state index contributed by atoms with van der Waals surface area (Å²) in [7, 11) is 0. The van der Waals surface area contributed by atoms with Crippen molar-refractivity contribution in [3.05, 3.63) is 35.9 Å². The van der Waals surface area contributed by atoms with Crippen LogP contribution in [0.15, 0.2) is 30.3 Å². The Morgan fingerprint density at radius 2 is 1.12 bits per heavy atom. The molecule has 0 aliphatic carbocycles. The van der Waals surface area contributed by atoms with Gasteiger partial charge in [0.1, 0.15) is 0 Å². The summed E-state index contributed by atoms with van der Waals surface area (Å²) in [4.78, 5) is 2.27. The molecule has 0 atom stereocenters. The smallest absolute Gasteiger partial charge is 0.170 e. The highest BCUT2D eigenvalue weighted by molar-refractivity contribution is 5.14. The molecule has 0 aromatic heterocycles. The van der Waals surface area contributed by atoms with Crippen LogP contribution in [0.1, 0.15) is 33.3 Å². The third-order valence-electron chi connectivity index (χ3n) is 3.47. The van der Waals surface area contributed by atoms with Crippen LogP contribution < -0.4 is 0 Å². The highest BCUT2D eigenvalue weighted by atomic mass is 16.7. The van der Waals surface area contributed by atoms with Crippen LogP contribution in [0.3, 0.4) is 0 Å². The highest BCUT2D eigenvalue weighted by Gasteiger charge is 2.19. The fourth-order valence-corrected chi connectivity index (χ4v) is 2.52. The molecule has 1 rings (SSSR count). The molecule has 1 aromatic carbocycles. The van der Waals surface area contributed by atoms with Crippen molar-refractivity contribution in [3.8, 4) is 0 Å². The van der Waals surface area contributed by atoms with Crippen molar-refractivity contribution in [3.63, 3.8) is 0 Å². The molecule has 24 heavy (non-hydrogen) atoms. The molecule has 0 bridgehead atoms. The summed E-state index contributed by atoms with van der Waals surface area (Å²) >= 11 is 0. The second-order valence-electron chi connectivity index (χ2n) is 5.36. The van der Waals surface area contributed by atoms with Gasteiger partial charge in [-0.2, -0.15) is 0 Å². The summed E-state index contributed by atoms with van der Waals surface area (Å²) in [5.41, 5.74) is 1.25. The SMILES string of the molecule is CCOC(CN(Cc1ccccc1)CC(OCC)OCC)OCC. The van der Waals surface area contributed by atoms with Gasteiger partial charge in [-0.1, -0.05) is 30.3 Å². The number of ether oxygens (including phenoxy) is 4. The van der Waals surface area contributed by atoms with Crippen LogP contribution in [0.25, 0.3) is 0 Å². The Balaban J connectivity index is 2.75. The van der Waals surface area contributed by atoms with E-state index in [4.69, 9.17) is 18.9 Å². The number of rotatable bonds is 14. The zero-order valence-electron chi connectivity index (χ0n) is 15.6. The van der Waals surface area contributed by atoms with Gasteiger partial charge in [-0.25, -0.2) is 0 Å². The largest absolute Gasteiger partial charge is 0.352 e. The summed E-state index contributed by atoms with van der Waals surface area (Å²) < 4.78 is 22.8. The van der Waals surface area contributed by atoms with E-state index in [0.29, 0.717) is 39.5 Å². The Morgan fingerprint density at radius 3 is 1.50 bits per heavy atom. The summed E-state index contributed by atoms with van der Waals surface area (Å²) in [5.74, 6) is 0. The molecule has 5 nitrogen and oxygen atoms in total. The van der Waals surface area contributed by atoms with Crippen LogP contribution in [0, 0.1) is 0 Å². The minimum absolute atomic E-state index is 0.243. The summed E-state index contributed by atoms with van der Waals surface area (Å²) in [6.07, 6.45) is -0.486. The van der Waals surface area contributed by atoms with Crippen molar-refractivity contribution in [2.75, 3.05) is 39.5 Å². The van der Waals surface area contributed by atoms with E-state index >= 15 is 0 Å². The molecule has 0 unspecified atom stereocenters. The van der Waals surface area contributed by atoms with Crippen LogP contribution in [0.5, 0.6) is 0 Å². The van der Waals surface area contributed by atoms with Crippen molar-refractivity contribution in [2.45, 2.75) is 46.8 Å². The lowest BCUT2D eigenvalue weighted by atomic mass is 10.2. The van der Waals surface area contributed by atoms with E-state index in [-0.39, 0.29) is 12.6 Å². The Kier molecular flexibility index (Phi) is 11.7. The van der Waals surface area contributed by atoms with E-state index in [1.54, 1.807) is 0 Å². The minimum atomic E-state index is -0.243. The number of nitrogens with zero attached hydrogens (tertiary/aromatic N) is 1. The van der Waals surface area contributed by atoms with E-state index in [2.05, 4.69) is 29.2 Å². The molecule has 0 fully saturated rings. The quantitative estimate of drug-likeness (QED) is 0.487. The summed E-state index contributed by atoms with van der Waals surface area (Å²) in [6, 6.07) is 10.4. The second kappa shape index (κ2) is 13.3. The van der Waals surface area contributed by atoms with Crippen LogP contribution >= 0.6 is 0 Å². The van der Waals surface area contributed by atoms with Gasteiger partial charge in [-0.15, -0.1) is 0 Å². The fraction of sp³-hybridized carbons (Fsp3) is 0.684. The molecular formula is C19H33NO4. The molecule has 0 saturated heterocycles. The molecule has 0 saturated carbocycles. The van der Waals surface area contributed by atoms with E-state index in [1.165, 1.54) is 5.56 Å². The van der Waals surface area contributed by atoms with Gasteiger partial charge in [-0.3, -0.25) is 4.90 Å². The molecule has 0 N–H and O–H groups in total. The molecular weight excluding hydrogens is 306 g/mol. The number of hydrogen-bond donors (Lipinski definition) is 0. The van der Waals surface area contributed by atoms with Crippen LogP contribution in [-0.2, 0) is 25.5 Å². The van der Waals surface area contributed by atoms with E-state index in [0.717, 1.165) is 6.54 Å². The molecule has 1 aromatic rings. The topological polar surface area (TPSA) is 40.2 Å². The average molecular weight is 339 g/mol. The van der Waals surface area contributed by atoms with Gasteiger partial charge in [0.05, 0.1) is 13.1 Å². The molecule has 0 aliphatic heterocycles. The van der Waals surface area contributed by atoms with Gasteiger partial charge in [0.25, 0.3) is 0 Å². The monoisotopic (exact) mass is 339 g/mol. The van der Waals surface area contributed by atoms with Gasteiger partial charge in [-0.05, 0) is 33.3 Å². The van der Waals surface area contributed by atoms with Gasteiger partial charge in [0, 0.05) is 33.0 Å².